The molecule has 4 atom stereocenters. The van der Waals surface area contributed by atoms with Crippen LogP contribution in [0.15, 0.2) is 60.7 Å². The van der Waals surface area contributed by atoms with Gasteiger partial charge in [-0.05, 0) is 54.7 Å². The number of anilines is 1. The van der Waals surface area contributed by atoms with Gasteiger partial charge in [0.2, 0.25) is 11.8 Å². The number of nitrogens with zero attached hydrogens (tertiary/aromatic N) is 1. The highest BCUT2D eigenvalue weighted by Crippen LogP contribution is 2.53. The number of para-hydroxylation sites is 1. The third-order valence-corrected chi connectivity index (χ3v) is 6.34. The smallest absolute Gasteiger partial charge is 0.340 e. The van der Waals surface area contributed by atoms with E-state index in [-0.39, 0.29) is 52.3 Å². The fourth-order valence-electron chi connectivity index (χ4n) is 4.91. The summed E-state index contributed by atoms with van der Waals surface area (Å²) in [4.78, 5) is 52.2. The largest absolute Gasteiger partial charge is 0.454 e. The molecule has 1 aliphatic heterocycles. The summed E-state index contributed by atoms with van der Waals surface area (Å²) in [6.07, 6.45) is 4.82. The molecule has 0 spiro atoms. The summed E-state index contributed by atoms with van der Waals surface area (Å²) in [6.45, 7) is -0.542. The van der Waals surface area contributed by atoms with Gasteiger partial charge in [0.1, 0.15) is 5.82 Å². The van der Waals surface area contributed by atoms with Crippen molar-refractivity contribution >= 4 is 29.3 Å². The molecule has 0 aromatic heterocycles. The van der Waals surface area contributed by atoms with Crippen LogP contribution in [0.4, 0.5) is 10.1 Å². The number of halogens is 1. The maximum absolute atomic E-state index is 13.1. The molecule has 1 saturated heterocycles. The lowest BCUT2D eigenvalue weighted by molar-refractivity contribution is -0.123. The van der Waals surface area contributed by atoms with Gasteiger partial charge in [-0.25, -0.2) is 14.1 Å². The van der Waals surface area contributed by atoms with E-state index in [9.17, 15) is 23.6 Å². The molecule has 0 unspecified atom stereocenters. The number of allylic oxidation sites excluding steroid dienone is 2. The van der Waals surface area contributed by atoms with Crippen molar-refractivity contribution in [2.24, 2.45) is 23.7 Å². The molecule has 1 saturated carbocycles. The minimum absolute atomic E-state index is 0.0383. The molecule has 2 fully saturated rings. The Kier molecular flexibility index (Phi) is 4.54. The van der Waals surface area contributed by atoms with E-state index in [1.807, 2.05) is 12.2 Å². The predicted molar refractivity (Wildman–Crippen MR) is 108 cm³/mol. The van der Waals surface area contributed by atoms with Crippen LogP contribution in [-0.4, -0.2) is 30.2 Å². The summed E-state index contributed by atoms with van der Waals surface area (Å²) in [5.74, 6) is -3.02. The standard InChI is InChI=1S/C24H18FNO5/c25-16-9-7-13(8-10-16)19(27)12-31-24(30)17-3-1-2-4-18(17)26-22(28)20-14-5-6-15(11-14)21(20)23(26)29/h1-10,14-15,20-21H,11-12H2/t14-,15-,20-,21-/m0/s1. The third-order valence-electron chi connectivity index (χ3n) is 6.34. The molecule has 2 aromatic carbocycles. The number of Topliss-reactive ketones (excluding diaryl/α,β-unsaturated/α-hetero) is 1. The van der Waals surface area contributed by atoms with E-state index in [2.05, 4.69) is 0 Å². The number of imide groups is 1. The van der Waals surface area contributed by atoms with E-state index in [0.717, 1.165) is 23.5 Å². The Morgan fingerprint density at radius 3 is 2.19 bits per heavy atom. The summed E-state index contributed by atoms with van der Waals surface area (Å²) >= 11 is 0. The number of rotatable bonds is 5. The van der Waals surface area contributed by atoms with E-state index in [4.69, 9.17) is 4.74 Å². The van der Waals surface area contributed by atoms with Crippen molar-refractivity contribution in [3.8, 4) is 0 Å². The van der Waals surface area contributed by atoms with Gasteiger partial charge in [-0.15, -0.1) is 0 Å². The Bertz CT molecular complexity index is 1110. The quantitative estimate of drug-likeness (QED) is 0.322. The number of ketones is 1. The average Bonchev–Trinajstić information content (AvgIpc) is 3.46. The molecular weight excluding hydrogens is 401 g/mol. The van der Waals surface area contributed by atoms with Crippen molar-refractivity contribution in [3.63, 3.8) is 0 Å². The van der Waals surface area contributed by atoms with Crippen molar-refractivity contribution in [1.82, 2.24) is 0 Å². The molecule has 6 nitrogen and oxygen atoms in total. The van der Waals surface area contributed by atoms with E-state index >= 15 is 0 Å². The lowest BCUT2D eigenvalue weighted by Gasteiger charge is -2.19. The van der Waals surface area contributed by atoms with Crippen LogP contribution >= 0.6 is 0 Å². The van der Waals surface area contributed by atoms with Crippen LogP contribution in [-0.2, 0) is 14.3 Å². The predicted octanol–water partition coefficient (Wildman–Crippen LogP) is 3.18. The number of fused-ring (bicyclic) bond motifs is 5. The van der Waals surface area contributed by atoms with Crippen molar-refractivity contribution in [1.29, 1.82) is 0 Å². The molecule has 7 heteroatoms. The van der Waals surface area contributed by atoms with E-state index in [1.54, 1.807) is 12.1 Å². The van der Waals surface area contributed by atoms with E-state index < -0.39 is 24.2 Å². The van der Waals surface area contributed by atoms with Crippen LogP contribution in [0.3, 0.4) is 0 Å². The van der Waals surface area contributed by atoms with Crippen molar-refractivity contribution in [2.75, 3.05) is 11.5 Å². The minimum atomic E-state index is -0.815. The highest BCUT2D eigenvalue weighted by Gasteiger charge is 2.59. The maximum Gasteiger partial charge on any atom is 0.340 e. The van der Waals surface area contributed by atoms with Crippen LogP contribution < -0.4 is 4.90 Å². The van der Waals surface area contributed by atoms with Crippen LogP contribution in [0.5, 0.6) is 0 Å². The fraction of sp³-hybridized carbons (Fsp3) is 0.250. The third kappa shape index (κ3) is 3.08. The van der Waals surface area contributed by atoms with E-state index in [1.165, 1.54) is 24.3 Å². The first-order valence-corrected chi connectivity index (χ1v) is 10.1. The summed E-state index contributed by atoms with van der Waals surface area (Å²) in [6, 6.07) is 11.1. The average molecular weight is 419 g/mol. The van der Waals surface area contributed by atoms with Crippen LogP contribution in [0, 0.1) is 29.5 Å². The molecule has 0 N–H and O–H groups in total. The Balaban J connectivity index is 1.35. The first-order chi connectivity index (χ1) is 15.0. The summed E-state index contributed by atoms with van der Waals surface area (Å²) in [5, 5.41) is 0. The van der Waals surface area contributed by atoms with Crippen molar-refractivity contribution < 1.29 is 28.3 Å². The second-order valence-electron chi connectivity index (χ2n) is 8.04. The zero-order chi connectivity index (χ0) is 21.7. The highest BCUT2D eigenvalue weighted by atomic mass is 19.1. The lowest BCUT2D eigenvalue weighted by Crippen LogP contribution is -2.34. The molecule has 3 aliphatic rings. The summed E-state index contributed by atoms with van der Waals surface area (Å²) in [7, 11) is 0. The Hall–Kier alpha value is -3.61. The lowest BCUT2D eigenvalue weighted by atomic mass is 9.85. The molecule has 1 heterocycles. The Morgan fingerprint density at radius 2 is 1.55 bits per heavy atom. The fourth-order valence-corrected chi connectivity index (χ4v) is 4.91. The van der Waals surface area contributed by atoms with Crippen LogP contribution in [0.25, 0.3) is 0 Å². The first-order valence-electron chi connectivity index (χ1n) is 10.1. The number of esters is 1. The Morgan fingerprint density at radius 1 is 0.935 bits per heavy atom. The van der Waals surface area contributed by atoms with Gasteiger partial charge in [0, 0.05) is 5.56 Å². The zero-order valence-electron chi connectivity index (χ0n) is 16.4. The second kappa shape index (κ2) is 7.27. The number of ether oxygens (including phenoxy) is 1. The Labute approximate surface area is 177 Å². The number of carbonyl (C=O) groups is 4. The zero-order valence-corrected chi connectivity index (χ0v) is 16.4. The molecular formula is C24H18FNO5. The van der Waals surface area contributed by atoms with Crippen LogP contribution in [0.2, 0.25) is 0 Å². The van der Waals surface area contributed by atoms with Gasteiger partial charge < -0.3 is 4.74 Å². The van der Waals surface area contributed by atoms with Crippen molar-refractivity contribution in [3.05, 3.63) is 77.6 Å². The van der Waals surface area contributed by atoms with Crippen molar-refractivity contribution in [2.45, 2.75) is 6.42 Å². The van der Waals surface area contributed by atoms with Gasteiger partial charge in [0.15, 0.2) is 12.4 Å². The van der Waals surface area contributed by atoms with Gasteiger partial charge >= 0.3 is 5.97 Å². The normalized spacial score (nSPS) is 25.8. The monoisotopic (exact) mass is 419 g/mol. The maximum atomic E-state index is 13.1. The number of carbonyl (C=O) groups excluding carboxylic acids is 4. The first kappa shape index (κ1) is 19.4. The highest BCUT2D eigenvalue weighted by molar-refractivity contribution is 6.24. The minimum Gasteiger partial charge on any atom is -0.454 e. The topological polar surface area (TPSA) is 80.8 Å². The second-order valence-corrected chi connectivity index (χ2v) is 8.04. The number of amides is 2. The molecule has 2 bridgehead atoms. The van der Waals surface area contributed by atoms with Gasteiger partial charge in [-0.1, -0.05) is 24.3 Å². The molecule has 0 radical (unpaired) electrons. The molecule has 5 rings (SSSR count). The molecule has 2 aliphatic carbocycles. The van der Waals surface area contributed by atoms with Gasteiger partial charge in [0.05, 0.1) is 23.1 Å². The van der Waals surface area contributed by atoms with Crippen LogP contribution in [0.1, 0.15) is 27.1 Å². The SMILES string of the molecule is O=C(COC(=O)c1ccccc1N1C(=O)[C@@H]2[C@@H](C1=O)[C@H]1C=C[C@H]2C1)c1ccc(F)cc1. The number of hydrogen-bond donors (Lipinski definition) is 0. The summed E-state index contributed by atoms with van der Waals surface area (Å²) in [5.41, 5.74) is 0.421. The number of hydrogen-bond acceptors (Lipinski definition) is 5. The van der Waals surface area contributed by atoms with E-state index in [0.29, 0.717) is 0 Å². The molecule has 2 aromatic rings. The summed E-state index contributed by atoms with van der Waals surface area (Å²) < 4.78 is 18.2. The molecule has 2 amide bonds. The molecule has 31 heavy (non-hydrogen) atoms. The molecule has 156 valence electrons. The van der Waals surface area contributed by atoms with Gasteiger partial charge in [-0.2, -0.15) is 0 Å². The van der Waals surface area contributed by atoms with Gasteiger partial charge in [0.25, 0.3) is 0 Å². The van der Waals surface area contributed by atoms with Gasteiger partial charge in [-0.3, -0.25) is 14.4 Å². The number of benzene rings is 2.